The first-order valence-corrected chi connectivity index (χ1v) is 14.9. The molecule has 5 rings (SSSR count). The van der Waals surface area contributed by atoms with E-state index in [2.05, 4.69) is 15.0 Å². The standard InChI is InChI=1S/C29H24ClN5O6S2/c1-15(2)41-27(37)24-16(3)33-29-34(25(24)19-14-18(30)7-8-21(19)40-4)26(36)23(43-29)13-17-6-9-22(20(12-17)35(38)39)42-28-31-10-5-11-32-28/h5-15,25H,1-4H3/b23-13-/t25-/m0/s1. The molecular weight excluding hydrogens is 614 g/mol. The number of benzene rings is 2. The predicted molar refractivity (Wildman–Crippen MR) is 162 cm³/mol. The van der Waals surface area contributed by atoms with E-state index in [1.165, 1.54) is 17.7 Å². The average Bonchev–Trinajstić information content (AvgIpc) is 3.26. The summed E-state index contributed by atoms with van der Waals surface area (Å²) in [6, 6.07) is 10.3. The van der Waals surface area contributed by atoms with Gasteiger partial charge in [-0.2, -0.15) is 0 Å². The Morgan fingerprint density at radius 2 is 1.95 bits per heavy atom. The van der Waals surface area contributed by atoms with Crippen LogP contribution < -0.4 is 19.6 Å². The molecule has 0 aliphatic carbocycles. The Bertz CT molecular complexity index is 1960. The van der Waals surface area contributed by atoms with Crippen molar-refractivity contribution in [2.45, 2.75) is 43.0 Å². The molecule has 1 aliphatic rings. The monoisotopic (exact) mass is 637 g/mol. The summed E-state index contributed by atoms with van der Waals surface area (Å²) in [7, 11) is 1.48. The Morgan fingerprint density at radius 1 is 1.21 bits per heavy atom. The quantitative estimate of drug-likeness (QED) is 0.116. The molecule has 1 aliphatic heterocycles. The predicted octanol–water partition coefficient (Wildman–Crippen LogP) is 4.70. The SMILES string of the molecule is COc1ccc(Cl)cc1[C@H]1C(C(=O)OC(C)C)=C(C)N=c2s/c(=C\c3ccc(Sc4ncccn4)c([N+](=O)[O-])c3)c(=O)n21. The number of ether oxygens (including phenoxy) is 2. The van der Waals surface area contributed by atoms with Crippen LogP contribution in [0, 0.1) is 10.1 Å². The third-order valence-corrected chi connectivity index (χ3v) is 8.47. The Labute approximate surface area is 258 Å². The molecule has 2 aromatic heterocycles. The maximum Gasteiger partial charge on any atom is 0.338 e. The van der Waals surface area contributed by atoms with E-state index in [0.717, 1.165) is 23.1 Å². The summed E-state index contributed by atoms with van der Waals surface area (Å²) in [5.41, 5.74) is 0.862. The van der Waals surface area contributed by atoms with E-state index >= 15 is 0 Å². The van der Waals surface area contributed by atoms with Gasteiger partial charge < -0.3 is 9.47 Å². The molecule has 220 valence electrons. The summed E-state index contributed by atoms with van der Waals surface area (Å²) in [6.07, 6.45) is 4.25. The van der Waals surface area contributed by atoms with E-state index in [1.54, 1.807) is 75.6 Å². The molecule has 43 heavy (non-hydrogen) atoms. The number of nitrogens with zero attached hydrogens (tertiary/aromatic N) is 5. The minimum atomic E-state index is -0.947. The number of hydrogen-bond donors (Lipinski definition) is 0. The van der Waals surface area contributed by atoms with Crippen molar-refractivity contribution < 1.29 is 19.2 Å². The highest BCUT2D eigenvalue weighted by Gasteiger charge is 2.35. The molecule has 0 N–H and O–H groups in total. The zero-order chi connectivity index (χ0) is 30.8. The lowest BCUT2D eigenvalue weighted by atomic mass is 9.95. The number of methoxy groups -OCH3 is 1. The normalized spacial score (nSPS) is 14.8. The zero-order valence-electron chi connectivity index (χ0n) is 23.3. The Hall–Kier alpha value is -4.33. The molecule has 11 nitrogen and oxygen atoms in total. The number of hydrogen-bond acceptors (Lipinski definition) is 11. The fraction of sp³-hybridized carbons (Fsp3) is 0.207. The molecule has 1 atom stereocenters. The third kappa shape index (κ3) is 6.24. The molecule has 14 heteroatoms. The molecule has 2 aromatic carbocycles. The summed E-state index contributed by atoms with van der Waals surface area (Å²) in [5.74, 6) is -0.205. The number of carbonyl (C=O) groups is 1. The van der Waals surface area contributed by atoms with Gasteiger partial charge >= 0.3 is 5.97 Å². The van der Waals surface area contributed by atoms with Crippen LogP contribution in [-0.2, 0) is 9.53 Å². The highest BCUT2D eigenvalue weighted by atomic mass is 35.5. The third-order valence-electron chi connectivity index (χ3n) is 6.29. The van der Waals surface area contributed by atoms with Gasteiger partial charge in [-0.25, -0.2) is 19.8 Å². The van der Waals surface area contributed by atoms with Crippen LogP contribution in [0.25, 0.3) is 6.08 Å². The van der Waals surface area contributed by atoms with E-state index in [4.69, 9.17) is 21.1 Å². The number of halogens is 1. The molecule has 0 unspecified atom stereocenters. The van der Waals surface area contributed by atoms with Crippen LogP contribution in [-0.4, -0.2) is 38.6 Å². The second kappa shape index (κ2) is 12.5. The summed E-state index contributed by atoms with van der Waals surface area (Å²) in [6.45, 7) is 5.13. The molecule has 4 aromatic rings. The van der Waals surface area contributed by atoms with Crippen molar-refractivity contribution in [1.82, 2.24) is 14.5 Å². The van der Waals surface area contributed by atoms with Crippen molar-refractivity contribution in [3.8, 4) is 5.75 Å². The minimum Gasteiger partial charge on any atom is -0.496 e. The lowest BCUT2D eigenvalue weighted by molar-refractivity contribution is -0.387. The van der Waals surface area contributed by atoms with Crippen LogP contribution in [0.15, 0.2) is 86.0 Å². The number of rotatable bonds is 8. The van der Waals surface area contributed by atoms with Gasteiger partial charge in [0.15, 0.2) is 9.96 Å². The molecule has 0 saturated carbocycles. The molecule has 0 spiro atoms. The summed E-state index contributed by atoms with van der Waals surface area (Å²) in [5, 5.41) is 12.7. The van der Waals surface area contributed by atoms with Crippen molar-refractivity contribution in [2.24, 2.45) is 4.99 Å². The van der Waals surface area contributed by atoms with Gasteiger partial charge in [0.25, 0.3) is 11.2 Å². The minimum absolute atomic E-state index is 0.157. The topological polar surface area (TPSA) is 139 Å². The van der Waals surface area contributed by atoms with Gasteiger partial charge in [0, 0.05) is 29.0 Å². The number of aromatic nitrogens is 3. The zero-order valence-corrected chi connectivity index (χ0v) is 25.7. The lowest BCUT2D eigenvalue weighted by Gasteiger charge is -2.26. The number of nitro groups is 1. The van der Waals surface area contributed by atoms with E-state index in [1.807, 2.05) is 0 Å². The second-order valence-electron chi connectivity index (χ2n) is 9.54. The van der Waals surface area contributed by atoms with Gasteiger partial charge in [-0.05, 0) is 74.5 Å². The summed E-state index contributed by atoms with van der Waals surface area (Å²) >= 11 is 8.52. The molecule has 0 radical (unpaired) electrons. The number of allylic oxidation sites excluding steroid dienone is 1. The fourth-order valence-corrected chi connectivity index (χ4v) is 6.54. The first kappa shape index (κ1) is 30.1. The first-order valence-electron chi connectivity index (χ1n) is 12.9. The van der Waals surface area contributed by atoms with Gasteiger partial charge in [0.1, 0.15) is 11.8 Å². The molecule has 0 saturated heterocycles. The average molecular weight is 638 g/mol. The van der Waals surface area contributed by atoms with Crippen LogP contribution in [0.4, 0.5) is 5.69 Å². The van der Waals surface area contributed by atoms with E-state index in [0.29, 0.717) is 42.4 Å². The van der Waals surface area contributed by atoms with Gasteiger partial charge in [0.2, 0.25) is 0 Å². The number of esters is 1. The molecule has 0 amide bonds. The maximum absolute atomic E-state index is 14.0. The van der Waals surface area contributed by atoms with Gasteiger partial charge in [-0.15, -0.1) is 0 Å². The van der Waals surface area contributed by atoms with Gasteiger partial charge in [-0.1, -0.05) is 29.0 Å². The number of carbonyl (C=O) groups excluding carboxylic acids is 1. The largest absolute Gasteiger partial charge is 0.496 e. The highest BCUT2D eigenvalue weighted by molar-refractivity contribution is 7.99. The Kier molecular flexibility index (Phi) is 8.76. The number of fused-ring (bicyclic) bond motifs is 1. The van der Waals surface area contributed by atoms with Crippen molar-refractivity contribution in [2.75, 3.05) is 7.11 Å². The smallest absolute Gasteiger partial charge is 0.338 e. The van der Waals surface area contributed by atoms with Crippen LogP contribution >= 0.6 is 34.7 Å². The van der Waals surface area contributed by atoms with Crippen molar-refractivity contribution in [3.05, 3.63) is 112 Å². The summed E-state index contributed by atoms with van der Waals surface area (Å²) < 4.78 is 12.8. The van der Waals surface area contributed by atoms with E-state index in [9.17, 15) is 19.7 Å². The van der Waals surface area contributed by atoms with Crippen LogP contribution in [0.2, 0.25) is 5.02 Å². The first-order chi connectivity index (χ1) is 20.6. The fourth-order valence-electron chi connectivity index (χ4n) is 4.51. The van der Waals surface area contributed by atoms with Crippen molar-refractivity contribution in [1.29, 1.82) is 0 Å². The van der Waals surface area contributed by atoms with Gasteiger partial charge in [0.05, 0.1) is 38.8 Å². The molecule has 0 bridgehead atoms. The molecular formula is C29H24ClN5O6S2. The van der Waals surface area contributed by atoms with E-state index in [-0.39, 0.29) is 15.8 Å². The molecule has 3 heterocycles. The van der Waals surface area contributed by atoms with Crippen molar-refractivity contribution in [3.63, 3.8) is 0 Å². The maximum atomic E-state index is 14.0. The summed E-state index contributed by atoms with van der Waals surface area (Å²) in [4.78, 5) is 52.3. The Balaban J connectivity index is 1.67. The van der Waals surface area contributed by atoms with Crippen molar-refractivity contribution >= 4 is 52.4 Å². The highest BCUT2D eigenvalue weighted by Crippen LogP contribution is 2.38. The molecule has 0 fully saturated rings. The van der Waals surface area contributed by atoms with Gasteiger partial charge in [-0.3, -0.25) is 19.5 Å². The second-order valence-corrected chi connectivity index (χ2v) is 12.0. The Morgan fingerprint density at radius 3 is 2.63 bits per heavy atom. The number of thiazole rings is 1. The van der Waals surface area contributed by atoms with Crippen LogP contribution in [0.1, 0.15) is 37.9 Å². The number of nitro benzene ring substituents is 1. The van der Waals surface area contributed by atoms with E-state index < -0.39 is 28.6 Å². The lowest BCUT2D eigenvalue weighted by Crippen LogP contribution is -2.40. The van der Waals surface area contributed by atoms with Crippen LogP contribution in [0.3, 0.4) is 0 Å². The van der Waals surface area contributed by atoms with Crippen LogP contribution in [0.5, 0.6) is 5.75 Å².